The second kappa shape index (κ2) is 9.31. The van der Waals surface area contributed by atoms with Gasteiger partial charge in [-0.05, 0) is 42.8 Å². The molecule has 1 N–H and O–H groups in total. The molecule has 0 unspecified atom stereocenters. The highest BCUT2D eigenvalue weighted by Crippen LogP contribution is 2.36. The number of carbonyl (C=O) groups excluding carboxylic acids is 1. The van der Waals surface area contributed by atoms with E-state index in [4.69, 9.17) is 11.6 Å². The molecule has 1 amide bonds. The lowest BCUT2D eigenvalue weighted by Crippen LogP contribution is -2.44. The molecule has 162 valence electrons. The molecule has 0 radical (unpaired) electrons. The third-order valence-electron chi connectivity index (χ3n) is 4.89. The van der Waals surface area contributed by atoms with Crippen LogP contribution in [0.1, 0.15) is 11.1 Å². The van der Waals surface area contributed by atoms with E-state index in [0.29, 0.717) is 26.2 Å². The Labute approximate surface area is 183 Å². The smallest absolute Gasteiger partial charge is 0.373 e. The van der Waals surface area contributed by atoms with Gasteiger partial charge in [0.1, 0.15) is 11.6 Å². The number of rotatable bonds is 4. The van der Waals surface area contributed by atoms with Crippen molar-refractivity contribution in [1.29, 1.82) is 5.26 Å². The molecule has 3 rings (SSSR count). The van der Waals surface area contributed by atoms with Gasteiger partial charge >= 0.3 is 6.18 Å². The summed E-state index contributed by atoms with van der Waals surface area (Å²) in [6, 6.07) is 13.0. The molecule has 1 aliphatic rings. The van der Waals surface area contributed by atoms with Crippen molar-refractivity contribution in [3.8, 4) is 6.07 Å². The molecule has 31 heavy (non-hydrogen) atoms. The Morgan fingerprint density at radius 2 is 1.87 bits per heavy atom. The second-order valence-electron chi connectivity index (χ2n) is 7.16. The number of piperazine rings is 1. The first-order valence-corrected chi connectivity index (χ1v) is 9.91. The van der Waals surface area contributed by atoms with Gasteiger partial charge < -0.3 is 15.1 Å². The quantitative estimate of drug-likeness (QED) is 0.537. The molecule has 5 nitrogen and oxygen atoms in total. The normalized spacial score (nSPS) is 14.9. The van der Waals surface area contributed by atoms with Gasteiger partial charge in [0.2, 0.25) is 0 Å². The van der Waals surface area contributed by atoms with Crippen LogP contribution in [0.2, 0.25) is 5.02 Å². The van der Waals surface area contributed by atoms with Crippen LogP contribution >= 0.6 is 11.6 Å². The molecule has 0 aliphatic carbocycles. The maximum Gasteiger partial charge on any atom is 0.417 e. The van der Waals surface area contributed by atoms with Gasteiger partial charge in [0, 0.05) is 43.8 Å². The van der Waals surface area contributed by atoms with Crippen molar-refractivity contribution in [2.75, 3.05) is 36.4 Å². The van der Waals surface area contributed by atoms with Crippen LogP contribution in [-0.2, 0) is 11.0 Å². The van der Waals surface area contributed by atoms with E-state index in [1.54, 1.807) is 0 Å². The number of nitrogens with one attached hydrogen (secondary N) is 1. The Morgan fingerprint density at radius 3 is 2.48 bits per heavy atom. The molecule has 1 fully saturated rings. The number of carbonyl (C=O) groups is 1. The van der Waals surface area contributed by atoms with Gasteiger partial charge in [0.25, 0.3) is 5.91 Å². The second-order valence-corrected chi connectivity index (χ2v) is 7.57. The van der Waals surface area contributed by atoms with E-state index < -0.39 is 22.7 Å². The van der Waals surface area contributed by atoms with E-state index in [-0.39, 0.29) is 11.3 Å². The number of aryl methyl sites for hydroxylation is 1. The van der Waals surface area contributed by atoms with Crippen LogP contribution in [0.4, 0.5) is 24.5 Å². The summed E-state index contributed by atoms with van der Waals surface area (Å²) in [7, 11) is 0. The lowest BCUT2D eigenvalue weighted by Gasteiger charge is -2.35. The summed E-state index contributed by atoms with van der Waals surface area (Å²) in [6.07, 6.45) is -3.20. The number of hydrogen-bond acceptors (Lipinski definition) is 4. The molecular weight excluding hydrogens is 429 g/mol. The highest BCUT2D eigenvalue weighted by Gasteiger charge is 2.33. The van der Waals surface area contributed by atoms with Crippen molar-refractivity contribution >= 4 is 28.9 Å². The van der Waals surface area contributed by atoms with Gasteiger partial charge in [-0.2, -0.15) is 18.4 Å². The SMILES string of the molecule is Cc1cccc(N2CCN(/C=C(/C#N)C(=O)Nc3ccc(Cl)c(C(F)(F)F)c3)CC2)c1. The van der Waals surface area contributed by atoms with Crippen molar-refractivity contribution in [2.24, 2.45) is 0 Å². The van der Waals surface area contributed by atoms with Crippen molar-refractivity contribution in [3.63, 3.8) is 0 Å². The maximum absolute atomic E-state index is 13.0. The number of nitriles is 1. The number of amides is 1. The fourth-order valence-corrected chi connectivity index (χ4v) is 3.50. The van der Waals surface area contributed by atoms with Gasteiger partial charge in [-0.15, -0.1) is 0 Å². The Balaban J connectivity index is 1.66. The summed E-state index contributed by atoms with van der Waals surface area (Å²) in [6.45, 7) is 4.66. The summed E-state index contributed by atoms with van der Waals surface area (Å²) >= 11 is 5.59. The summed E-state index contributed by atoms with van der Waals surface area (Å²) in [5.41, 5.74) is 0.950. The lowest BCUT2D eigenvalue weighted by molar-refractivity contribution is -0.137. The molecule has 0 atom stereocenters. The predicted molar refractivity (Wildman–Crippen MR) is 114 cm³/mol. The molecule has 2 aromatic rings. The molecule has 1 saturated heterocycles. The Morgan fingerprint density at radius 1 is 1.16 bits per heavy atom. The fraction of sp³-hybridized carbons (Fsp3) is 0.273. The van der Waals surface area contributed by atoms with E-state index in [2.05, 4.69) is 16.3 Å². The van der Waals surface area contributed by atoms with Crippen LogP contribution < -0.4 is 10.2 Å². The number of alkyl halides is 3. The number of halogens is 4. The standard InChI is InChI=1S/C22H20ClF3N4O/c1-15-3-2-4-18(11-15)30-9-7-29(8-10-30)14-16(13-27)21(31)28-17-5-6-20(23)19(12-17)22(24,25)26/h2-6,11-12,14H,7-10H2,1H3,(H,28,31)/b16-14-. The molecule has 0 aromatic heterocycles. The lowest BCUT2D eigenvalue weighted by atomic mass is 10.1. The number of anilines is 2. The van der Waals surface area contributed by atoms with Gasteiger partial charge in [-0.25, -0.2) is 0 Å². The predicted octanol–water partition coefficient (Wildman–Crippen LogP) is 4.84. The molecule has 0 saturated carbocycles. The van der Waals surface area contributed by atoms with E-state index in [0.717, 1.165) is 17.8 Å². The molecular formula is C22H20ClF3N4O. The first kappa shape index (κ1) is 22.5. The monoisotopic (exact) mass is 448 g/mol. The largest absolute Gasteiger partial charge is 0.417 e. The Kier molecular flexibility index (Phi) is 6.76. The summed E-state index contributed by atoms with van der Waals surface area (Å²) in [4.78, 5) is 16.5. The minimum absolute atomic E-state index is 0.0906. The van der Waals surface area contributed by atoms with Gasteiger partial charge in [-0.3, -0.25) is 4.79 Å². The van der Waals surface area contributed by atoms with Crippen LogP contribution in [0, 0.1) is 18.3 Å². The van der Waals surface area contributed by atoms with Gasteiger partial charge in [0.05, 0.1) is 10.6 Å². The number of nitrogens with zero attached hydrogens (tertiary/aromatic N) is 3. The minimum atomic E-state index is -4.65. The van der Waals surface area contributed by atoms with E-state index in [1.807, 2.05) is 36.1 Å². The van der Waals surface area contributed by atoms with E-state index >= 15 is 0 Å². The first-order valence-electron chi connectivity index (χ1n) is 9.53. The van der Waals surface area contributed by atoms with Crippen LogP contribution in [-0.4, -0.2) is 37.0 Å². The van der Waals surface area contributed by atoms with Crippen molar-refractivity contribution < 1.29 is 18.0 Å². The molecule has 0 spiro atoms. The third-order valence-corrected chi connectivity index (χ3v) is 5.22. The third kappa shape index (κ3) is 5.70. The molecule has 9 heteroatoms. The van der Waals surface area contributed by atoms with Crippen LogP contribution in [0.3, 0.4) is 0 Å². The molecule has 0 bridgehead atoms. The zero-order valence-electron chi connectivity index (χ0n) is 16.7. The zero-order chi connectivity index (χ0) is 22.6. The van der Waals surface area contributed by atoms with Gasteiger partial charge in [0.15, 0.2) is 0 Å². The van der Waals surface area contributed by atoms with Crippen LogP contribution in [0.25, 0.3) is 0 Å². The zero-order valence-corrected chi connectivity index (χ0v) is 17.5. The average molecular weight is 449 g/mol. The summed E-state index contributed by atoms with van der Waals surface area (Å²) in [5.74, 6) is -0.779. The topological polar surface area (TPSA) is 59.4 Å². The van der Waals surface area contributed by atoms with Crippen LogP contribution in [0.5, 0.6) is 0 Å². The van der Waals surface area contributed by atoms with Crippen molar-refractivity contribution in [3.05, 3.63) is 70.4 Å². The maximum atomic E-state index is 13.0. The fourth-order valence-electron chi connectivity index (χ4n) is 3.27. The van der Waals surface area contributed by atoms with Crippen LogP contribution in [0.15, 0.2) is 54.2 Å². The Bertz CT molecular complexity index is 1040. The number of benzene rings is 2. The summed E-state index contributed by atoms with van der Waals surface area (Å²) < 4.78 is 39.0. The minimum Gasteiger partial charge on any atom is -0.373 e. The highest BCUT2D eigenvalue weighted by atomic mass is 35.5. The number of hydrogen-bond donors (Lipinski definition) is 1. The highest BCUT2D eigenvalue weighted by molar-refractivity contribution is 6.31. The van der Waals surface area contributed by atoms with E-state index in [1.165, 1.54) is 17.8 Å². The molecule has 1 heterocycles. The van der Waals surface area contributed by atoms with Crippen molar-refractivity contribution in [1.82, 2.24) is 4.90 Å². The average Bonchev–Trinajstić information content (AvgIpc) is 2.73. The van der Waals surface area contributed by atoms with E-state index in [9.17, 15) is 23.2 Å². The molecule has 2 aromatic carbocycles. The first-order chi connectivity index (χ1) is 14.7. The summed E-state index contributed by atoms with van der Waals surface area (Å²) in [5, 5.41) is 11.2. The van der Waals surface area contributed by atoms with Gasteiger partial charge in [-0.1, -0.05) is 23.7 Å². The Hall–Kier alpha value is -3.18. The van der Waals surface area contributed by atoms with Crippen molar-refractivity contribution in [2.45, 2.75) is 13.1 Å². The molecule has 1 aliphatic heterocycles.